The number of amides is 1. The summed E-state index contributed by atoms with van der Waals surface area (Å²) in [5, 5.41) is 10.5. The van der Waals surface area contributed by atoms with Gasteiger partial charge in [-0.15, -0.1) is 0 Å². The van der Waals surface area contributed by atoms with Crippen molar-refractivity contribution in [1.29, 1.82) is 0 Å². The van der Waals surface area contributed by atoms with Crippen LogP contribution in [0, 0.1) is 0 Å². The van der Waals surface area contributed by atoms with Crippen LogP contribution in [-0.4, -0.2) is 53.0 Å². The first kappa shape index (κ1) is 18.2. The van der Waals surface area contributed by atoms with Crippen molar-refractivity contribution in [2.45, 2.75) is 37.8 Å². The van der Waals surface area contributed by atoms with E-state index in [0.29, 0.717) is 5.56 Å². The van der Waals surface area contributed by atoms with Crippen LogP contribution in [0.4, 0.5) is 0 Å². The van der Waals surface area contributed by atoms with Crippen LogP contribution in [0.5, 0.6) is 0 Å². The summed E-state index contributed by atoms with van der Waals surface area (Å²) >= 11 is 0. The summed E-state index contributed by atoms with van der Waals surface area (Å²) in [5.41, 5.74) is 2.38. The van der Waals surface area contributed by atoms with Crippen LogP contribution in [-0.2, 0) is 0 Å². The van der Waals surface area contributed by atoms with E-state index >= 15 is 0 Å². The second-order valence-electron chi connectivity index (χ2n) is 7.70. The fourth-order valence-corrected chi connectivity index (χ4v) is 4.08. The van der Waals surface area contributed by atoms with Gasteiger partial charge < -0.3 is 10.0 Å². The molecule has 142 valence electrons. The van der Waals surface area contributed by atoms with Gasteiger partial charge in [-0.2, -0.15) is 0 Å². The number of benzene rings is 2. The summed E-state index contributed by atoms with van der Waals surface area (Å²) in [7, 11) is 0. The molecule has 0 bridgehead atoms. The molecule has 1 amide bonds. The maximum Gasteiger partial charge on any atom is 0.253 e. The molecule has 2 aromatic carbocycles. The van der Waals surface area contributed by atoms with Crippen LogP contribution < -0.4 is 0 Å². The summed E-state index contributed by atoms with van der Waals surface area (Å²) in [6, 6.07) is 17.8. The lowest BCUT2D eigenvalue weighted by Gasteiger charge is -2.36. The number of carbonyl (C=O) groups excluding carboxylic acids is 1. The van der Waals surface area contributed by atoms with Crippen LogP contribution in [0.3, 0.4) is 0 Å². The minimum atomic E-state index is -0.662. The molecule has 1 atom stereocenters. The van der Waals surface area contributed by atoms with E-state index in [1.54, 1.807) is 0 Å². The number of carbonyl (C=O) groups is 1. The highest BCUT2D eigenvalue weighted by molar-refractivity contribution is 5.94. The van der Waals surface area contributed by atoms with Crippen LogP contribution in [0.25, 0.3) is 0 Å². The molecule has 0 aromatic heterocycles. The van der Waals surface area contributed by atoms with Gasteiger partial charge in [-0.3, -0.25) is 9.69 Å². The predicted molar refractivity (Wildman–Crippen MR) is 107 cm³/mol. The third-order valence-electron chi connectivity index (χ3n) is 6.00. The standard InChI is InChI=1S/C23H28N2O2/c26-22(18-6-2-1-3-7-18)19-10-12-20(13-11-19)23(27)25-15-5-14-24(16-17-25)21-8-4-9-21/h1-3,6-7,10-13,21-22,26H,4-5,8-9,14-17H2. The van der Waals surface area contributed by atoms with Gasteiger partial charge >= 0.3 is 0 Å². The number of nitrogens with zero attached hydrogens (tertiary/aromatic N) is 2. The molecule has 4 heteroatoms. The Hall–Kier alpha value is -2.17. The first-order valence-electron chi connectivity index (χ1n) is 10.1. The molecule has 1 saturated carbocycles. The summed E-state index contributed by atoms with van der Waals surface area (Å²) in [4.78, 5) is 17.5. The van der Waals surface area contributed by atoms with Gasteiger partial charge in [0.1, 0.15) is 6.10 Å². The van der Waals surface area contributed by atoms with E-state index in [4.69, 9.17) is 0 Å². The largest absolute Gasteiger partial charge is 0.384 e. The van der Waals surface area contributed by atoms with Crippen molar-refractivity contribution < 1.29 is 9.90 Å². The molecule has 1 unspecified atom stereocenters. The molecule has 1 N–H and O–H groups in total. The van der Waals surface area contributed by atoms with Crippen LogP contribution in [0.15, 0.2) is 54.6 Å². The van der Waals surface area contributed by atoms with E-state index in [1.165, 1.54) is 19.3 Å². The zero-order chi connectivity index (χ0) is 18.6. The molecule has 2 fully saturated rings. The molecular formula is C23H28N2O2. The van der Waals surface area contributed by atoms with Gasteiger partial charge in [0, 0.05) is 37.8 Å². The Labute approximate surface area is 161 Å². The quantitative estimate of drug-likeness (QED) is 0.903. The van der Waals surface area contributed by atoms with Crippen molar-refractivity contribution in [1.82, 2.24) is 9.80 Å². The topological polar surface area (TPSA) is 43.8 Å². The number of hydrogen-bond donors (Lipinski definition) is 1. The minimum Gasteiger partial charge on any atom is -0.384 e. The number of aliphatic hydroxyl groups is 1. The molecule has 0 radical (unpaired) electrons. The Morgan fingerprint density at radius 1 is 0.852 bits per heavy atom. The van der Waals surface area contributed by atoms with Gasteiger partial charge in [0.05, 0.1) is 0 Å². The predicted octanol–water partition coefficient (Wildman–Crippen LogP) is 3.47. The zero-order valence-corrected chi connectivity index (χ0v) is 15.8. The van der Waals surface area contributed by atoms with E-state index in [0.717, 1.165) is 49.8 Å². The van der Waals surface area contributed by atoms with Gasteiger partial charge in [0.15, 0.2) is 0 Å². The smallest absolute Gasteiger partial charge is 0.253 e. The van der Waals surface area contributed by atoms with Crippen molar-refractivity contribution >= 4 is 5.91 Å². The number of aliphatic hydroxyl groups excluding tert-OH is 1. The molecule has 1 heterocycles. The molecule has 1 aliphatic heterocycles. The molecule has 27 heavy (non-hydrogen) atoms. The Kier molecular flexibility index (Phi) is 5.55. The van der Waals surface area contributed by atoms with E-state index in [1.807, 2.05) is 59.5 Å². The molecule has 0 spiro atoms. The zero-order valence-electron chi connectivity index (χ0n) is 15.8. The Morgan fingerprint density at radius 3 is 2.22 bits per heavy atom. The van der Waals surface area contributed by atoms with Crippen molar-refractivity contribution in [3.05, 3.63) is 71.3 Å². The normalized spacial score (nSPS) is 20.0. The van der Waals surface area contributed by atoms with Crippen LogP contribution in [0.1, 0.15) is 53.3 Å². The van der Waals surface area contributed by atoms with Gasteiger partial charge in [0.25, 0.3) is 5.91 Å². The maximum atomic E-state index is 12.9. The highest BCUT2D eigenvalue weighted by Gasteiger charge is 2.28. The average Bonchev–Trinajstić information content (AvgIpc) is 2.92. The third-order valence-corrected chi connectivity index (χ3v) is 6.00. The van der Waals surface area contributed by atoms with E-state index in [2.05, 4.69) is 4.90 Å². The van der Waals surface area contributed by atoms with Crippen molar-refractivity contribution in [2.75, 3.05) is 26.2 Å². The minimum absolute atomic E-state index is 0.103. The first-order valence-corrected chi connectivity index (χ1v) is 10.1. The summed E-state index contributed by atoms with van der Waals surface area (Å²) < 4.78 is 0. The second-order valence-corrected chi connectivity index (χ2v) is 7.70. The van der Waals surface area contributed by atoms with E-state index in [9.17, 15) is 9.90 Å². The second kappa shape index (κ2) is 8.24. The monoisotopic (exact) mass is 364 g/mol. The highest BCUT2D eigenvalue weighted by Crippen LogP contribution is 2.26. The molecule has 1 saturated heterocycles. The summed E-state index contributed by atoms with van der Waals surface area (Å²) in [5.74, 6) is 0.103. The van der Waals surface area contributed by atoms with Crippen LogP contribution in [0.2, 0.25) is 0 Å². The Balaban J connectivity index is 1.40. The third kappa shape index (κ3) is 4.07. The molecule has 4 nitrogen and oxygen atoms in total. The lowest BCUT2D eigenvalue weighted by atomic mass is 9.91. The lowest BCUT2D eigenvalue weighted by molar-refractivity contribution is 0.0749. The fourth-order valence-electron chi connectivity index (χ4n) is 4.08. The molecule has 2 aromatic rings. The highest BCUT2D eigenvalue weighted by atomic mass is 16.3. The van der Waals surface area contributed by atoms with Crippen molar-refractivity contribution in [3.63, 3.8) is 0 Å². The lowest BCUT2D eigenvalue weighted by Crippen LogP contribution is -2.42. The van der Waals surface area contributed by atoms with Gasteiger partial charge in [-0.25, -0.2) is 0 Å². The van der Waals surface area contributed by atoms with Crippen molar-refractivity contribution in [3.8, 4) is 0 Å². The Morgan fingerprint density at radius 2 is 1.56 bits per heavy atom. The van der Waals surface area contributed by atoms with Gasteiger partial charge in [0.2, 0.25) is 0 Å². The molecule has 1 aliphatic carbocycles. The molecular weight excluding hydrogens is 336 g/mol. The molecule has 4 rings (SSSR count). The first-order chi connectivity index (χ1) is 13.2. The Bertz CT molecular complexity index is 756. The van der Waals surface area contributed by atoms with E-state index in [-0.39, 0.29) is 5.91 Å². The van der Waals surface area contributed by atoms with Crippen LogP contribution >= 0.6 is 0 Å². The van der Waals surface area contributed by atoms with Crippen molar-refractivity contribution in [2.24, 2.45) is 0 Å². The number of rotatable bonds is 4. The average molecular weight is 364 g/mol. The summed E-state index contributed by atoms with van der Waals surface area (Å²) in [6.45, 7) is 3.73. The van der Waals surface area contributed by atoms with Gasteiger partial charge in [-0.1, -0.05) is 48.9 Å². The summed E-state index contributed by atoms with van der Waals surface area (Å²) in [6.07, 6.45) is 4.38. The number of hydrogen-bond acceptors (Lipinski definition) is 3. The van der Waals surface area contributed by atoms with Gasteiger partial charge in [-0.05, 0) is 42.5 Å². The van der Waals surface area contributed by atoms with E-state index < -0.39 is 6.10 Å². The SMILES string of the molecule is O=C(c1ccc(C(O)c2ccccc2)cc1)N1CCCN(C2CCC2)CC1. The molecule has 2 aliphatic rings. The fraction of sp³-hybridized carbons (Fsp3) is 0.435. The maximum absolute atomic E-state index is 12.9.